The summed E-state index contributed by atoms with van der Waals surface area (Å²) < 4.78 is 0. The third kappa shape index (κ3) is 3.33. The molecule has 0 amide bonds. The zero-order chi connectivity index (χ0) is 13.0. The maximum absolute atomic E-state index is 5.78. The van der Waals surface area contributed by atoms with Crippen LogP contribution in [0.3, 0.4) is 0 Å². The van der Waals surface area contributed by atoms with E-state index < -0.39 is 0 Å². The molecule has 0 aliphatic heterocycles. The fraction of sp³-hybridized carbons (Fsp3) is 0.625. The van der Waals surface area contributed by atoms with Crippen molar-refractivity contribution in [2.75, 3.05) is 13.1 Å². The molecule has 2 nitrogen and oxygen atoms in total. The fourth-order valence-electron chi connectivity index (χ4n) is 3.02. The summed E-state index contributed by atoms with van der Waals surface area (Å²) >= 11 is 0. The Morgan fingerprint density at radius 1 is 1.22 bits per heavy atom. The highest BCUT2D eigenvalue weighted by atomic mass is 15.2. The Morgan fingerprint density at radius 2 is 1.94 bits per heavy atom. The Hall–Kier alpha value is -0.860. The first-order valence-corrected chi connectivity index (χ1v) is 7.21. The number of aryl methyl sites for hydroxylation is 2. The van der Waals surface area contributed by atoms with Gasteiger partial charge in [-0.2, -0.15) is 0 Å². The van der Waals surface area contributed by atoms with E-state index in [1.807, 2.05) is 0 Å². The molecule has 1 aromatic rings. The van der Waals surface area contributed by atoms with Crippen LogP contribution in [0.5, 0.6) is 0 Å². The number of hydrogen-bond donors (Lipinski definition) is 1. The fourth-order valence-corrected chi connectivity index (χ4v) is 3.02. The molecular formula is C16H26N2. The van der Waals surface area contributed by atoms with Crippen LogP contribution < -0.4 is 5.73 Å². The molecule has 0 atom stereocenters. The van der Waals surface area contributed by atoms with Gasteiger partial charge in [0.05, 0.1) is 0 Å². The molecular weight excluding hydrogens is 220 g/mol. The summed E-state index contributed by atoms with van der Waals surface area (Å²) in [6.07, 6.45) is 5.48. The summed E-state index contributed by atoms with van der Waals surface area (Å²) in [6.45, 7) is 7.24. The van der Waals surface area contributed by atoms with Gasteiger partial charge in [0.25, 0.3) is 0 Å². The molecule has 0 bridgehead atoms. The molecule has 1 aliphatic rings. The summed E-state index contributed by atoms with van der Waals surface area (Å²) in [5.74, 6) is 0. The van der Waals surface area contributed by atoms with Crippen molar-refractivity contribution in [2.45, 2.75) is 52.1 Å². The minimum absolute atomic E-state index is 0.758. The van der Waals surface area contributed by atoms with Crippen LogP contribution in [0, 0.1) is 13.8 Å². The van der Waals surface area contributed by atoms with E-state index in [1.54, 1.807) is 0 Å². The average Bonchev–Trinajstić information content (AvgIpc) is 2.87. The van der Waals surface area contributed by atoms with Gasteiger partial charge < -0.3 is 5.73 Å². The Morgan fingerprint density at radius 3 is 2.61 bits per heavy atom. The second-order valence-corrected chi connectivity index (χ2v) is 5.63. The van der Waals surface area contributed by atoms with Gasteiger partial charge in [-0.1, -0.05) is 36.6 Å². The Labute approximate surface area is 111 Å². The molecule has 0 unspecified atom stereocenters. The molecule has 0 radical (unpaired) electrons. The van der Waals surface area contributed by atoms with Crippen molar-refractivity contribution >= 4 is 0 Å². The molecule has 0 spiro atoms. The van der Waals surface area contributed by atoms with Crippen LogP contribution in [0.4, 0.5) is 0 Å². The van der Waals surface area contributed by atoms with Crippen molar-refractivity contribution in [1.29, 1.82) is 0 Å². The van der Waals surface area contributed by atoms with E-state index >= 15 is 0 Å². The van der Waals surface area contributed by atoms with E-state index in [0.29, 0.717) is 0 Å². The lowest BCUT2D eigenvalue weighted by Gasteiger charge is -2.29. The lowest BCUT2D eigenvalue weighted by molar-refractivity contribution is 0.195. The quantitative estimate of drug-likeness (QED) is 0.865. The van der Waals surface area contributed by atoms with Gasteiger partial charge in [0.15, 0.2) is 0 Å². The normalized spacial score (nSPS) is 16.7. The Bertz CT molecular complexity index is 381. The summed E-state index contributed by atoms with van der Waals surface area (Å²) in [5, 5.41) is 0. The highest BCUT2D eigenvalue weighted by Gasteiger charge is 2.22. The summed E-state index contributed by atoms with van der Waals surface area (Å²) in [6, 6.07) is 7.52. The van der Waals surface area contributed by atoms with Crippen molar-refractivity contribution in [1.82, 2.24) is 4.90 Å². The van der Waals surface area contributed by atoms with Crippen LogP contribution in [0.15, 0.2) is 18.2 Å². The molecule has 1 aliphatic carbocycles. The molecule has 18 heavy (non-hydrogen) atoms. The van der Waals surface area contributed by atoms with E-state index in [1.165, 1.54) is 42.4 Å². The van der Waals surface area contributed by atoms with Gasteiger partial charge in [-0.3, -0.25) is 4.90 Å². The molecule has 100 valence electrons. The van der Waals surface area contributed by atoms with Crippen LogP contribution in [0.25, 0.3) is 0 Å². The summed E-state index contributed by atoms with van der Waals surface area (Å²) in [5.41, 5.74) is 10.0. The highest BCUT2D eigenvalue weighted by Crippen LogP contribution is 2.25. The minimum Gasteiger partial charge on any atom is -0.329 e. The monoisotopic (exact) mass is 246 g/mol. The molecule has 0 heterocycles. The predicted molar refractivity (Wildman–Crippen MR) is 77.6 cm³/mol. The summed E-state index contributed by atoms with van der Waals surface area (Å²) in [7, 11) is 0. The Kier molecular flexibility index (Phi) is 4.79. The summed E-state index contributed by atoms with van der Waals surface area (Å²) in [4.78, 5) is 2.59. The third-order valence-corrected chi connectivity index (χ3v) is 4.14. The van der Waals surface area contributed by atoms with Crippen molar-refractivity contribution in [3.05, 3.63) is 34.9 Å². The second-order valence-electron chi connectivity index (χ2n) is 5.63. The number of hydrogen-bond acceptors (Lipinski definition) is 2. The number of nitrogens with two attached hydrogens (primary N) is 1. The zero-order valence-corrected chi connectivity index (χ0v) is 11.8. The van der Waals surface area contributed by atoms with E-state index in [-0.39, 0.29) is 0 Å². The Balaban J connectivity index is 2.09. The topological polar surface area (TPSA) is 29.3 Å². The maximum Gasteiger partial charge on any atom is 0.0239 e. The van der Waals surface area contributed by atoms with Crippen LogP contribution in [-0.2, 0) is 6.54 Å². The van der Waals surface area contributed by atoms with Crippen LogP contribution in [0.2, 0.25) is 0 Å². The zero-order valence-electron chi connectivity index (χ0n) is 11.8. The van der Waals surface area contributed by atoms with E-state index in [0.717, 1.165) is 25.7 Å². The first kappa shape index (κ1) is 13.6. The van der Waals surface area contributed by atoms with Gasteiger partial charge in [0.2, 0.25) is 0 Å². The van der Waals surface area contributed by atoms with Crippen molar-refractivity contribution in [3.8, 4) is 0 Å². The average molecular weight is 246 g/mol. The van der Waals surface area contributed by atoms with Gasteiger partial charge >= 0.3 is 0 Å². The van der Waals surface area contributed by atoms with Gasteiger partial charge in [-0.25, -0.2) is 0 Å². The van der Waals surface area contributed by atoms with Crippen LogP contribution >= 0.6 is 0 Å². The smallest absolute Gasteiger partial charge is 0.0239 e. The van der Waals surface area contributed by atoms with E-state index in [9.17, 15) is 0 Å². The first-order valence-electron chi connectivity index (χ1n) is 7.21. The minimum atomic E-state index is 0.758. The molecule has 0 aromatic heterocycles. The van der Waals surface area contributed by atoms with Crippen LogP contribution in [-0.4, -0.2) is 24.0 Å². The molecule has 2 heteroatoms. The highest BCUT2D eigenvalue weighted by molar-refractivity contribution is 5.30. The SMILES string of the molecule is Cc1ccc(C)c(CN(CCN)C2CCCC2)c1. The first-order chi connectivity index (χ1) is 8.70. The molecule has 2 N–H and O–H groups in total. The van der Waals surface area contributed by atoms with Crippen LogP contribution in [0.1, 0.15) is 42.4 Å². The molecule has 1 fully saturated rings. The number of nitrogens with zero attached hydrogens (tertiary/aromatic N) is 1. The largest absolute Gasteiger partial charge is 0.329 e. The van der Waals surface area contributed by atoms with Crippen molar-refractivity contribution < 1.29 is 0 Å². The van der Waals surface area contributed by atoms with Gasteiger partial charge in [-0.05, 0) is 37.8 Å². The molecule has 2 rings (SSSR count). The van der Waals surface area contributed by atoms with Gasteiger partial charge in [-0.15, -0.1) is 0 Å². The van der Waals surface area contributed by atoms with Crippen molar-refractivity contribution in [2.24, 2.45) is 5.73 Å². The van der Waals surface area contributed by atoms with E-state index in [2.05, 4.69) is 36.9 Å². The van der Waals surface area contributed by atoms with E-state index in [4.69, 9.17) is 5.73 Å². The second kappa shape index (κ2) is 6.35. The molecule has 1 aromatic carbocycles. The molecule has 0 saturated heterocycles. The predicted octanol–water partition coefficient (Wildman–Crippen LogP) is 3.01. The standard InChI is InChI=1S/C16H26N2/c1-13-7-8-14(2)15(11-13)12-18(10-9-17)16-5-3-4-6-16/h7-8,11,16H,3-6,9-10,12,17H2,1-2H3. The number of benzene rings is 1. The lowest BCUT2D eigenvalue weighted by atomic mass is 10.0. The lowest BCUT2D eigenvalue weighted by Crippen LogP contribution is -2.36. The maximum atomic E-state index is 5.78. The van der Waals surface area contributed by atoms with Crippen molar-refractivity contribution in [3.63, 3.8) is 0 Å². The van der Waals surface area contributed by atoms with Gasteiger partial charge in [0, 0.05) is 25.7 Å². The molecule has 1 saturated carbocycles. The van der Waals surface area contributed by atoms with Gasteiger partial charge in [0.1, 0.15) is 0 Å². The number of rotatable bonds is 5. The third-order valence-electron chi connectivity index (χ3n) is 4.14.